The van der Waals surface area contributed by atoms with Gasteiger partial charge in [-0.2, -0.15) is 0 Å². The summed E-state index contributed by atoms with van der Waals surface area (Å²) in [7, 11) is 0. The van der Waals surface area contributed by atoms with Crippen molar-refractivity contribution < 1.29 is 23.9 Å². The number of nitrogens with zero attached hydrogens (tertiary/aromatic N) is 1. The van der Waals surface area contributed by atoms with Gasteiger partial charge >= 0.3 is 5.97 Å². The fourth-order valence-corrected chi connectivity index (χ4v) is 4.73. The molecule has 0 saturated heterocycles. The molecule has 0 bridgehead atoms. The Bertz CT molecular complexity index is 1280. The molecule has 1 heterocycles. The summed E-state index contributed by atoms with van der Waals surface area (Å²) < 4.78 is 5.08. The van der Waals surface area contributed by atoms with Crippen molar-refractivity contribution in [1.82, 2.24) is 4.90 Å². The predicted molar refractivity (Wildman–Crippen MR) is 127 cm³/mol. The van der Waals surface area contributed by atoms with Crippen LogP contribution >= 0.6 is 0 Å². The number of imide groups is 1. The highest BCUT2D eigenvalue weighted by molar-refractivity contribution is 6.25. The van der Waals surface area contributed by atoms with Crippen LogP contribution in [0, 0.1) is 0 Å². The maximum absolute atomic E-state index is 12.9. The molecular formula is C27H24N2O5. The van der Waals surface area contributed by atoms with Gasteiger partial charge in [0.1, 0.15) is 0 Å². The summed E-state index contributed by atoms with van der Waals surface area (Å²) in [6.45, 7) is -0.286. The molecule has 0 unspecified atom stereocenters. The highest BCUT2D eigenvalue weighted by Crippen LogP contribution is 2.30. The number of carbonyl (C=O) groups excluding carboxylic acids is 4. The normalized spacial score (nSPS) is 14.3. The van der Waals surface area contributed by atoms with Crippen molar-refractivity contribution in [3.8, 4) is 0 Å². The molecule has 0 fully saturated rings. The van der Waals surface area contributed by atoms with Gasteiger partial charge in [0.15, 0.2) is 6.61 Å². The summed E-state index contributed by atoms with van der Waals surface area (Å²) >= 11 is 0. The summed E-state index contributed by atoms with van der Waals surface area (Å²) in [5.41, 5.74) is 4.22. The largest absolute Gasteiger partial charge is 0.456 e. The van der Waals surface area contributed by atoms with Gasteiger partial charge in [0.25, 0.3) is 17.7 Å². The third-order valence-corrected chi connectivity index (χ3v) is 6.36. The van der Waals surface area contributed by atoms with E-state index >= 15 is 0 Å². The van der Waals surface area contributed by atoms with Crippen LogP contribution in [0.3, 0.4) is 0 Å². The van der Waals surface area contributed by atoms with Crippen LogP contribution in [0.25, 0.3) is 10.8 Å². The highest BCUT2D eigenvalue weighted by Gasteiger charge is 2.32. The monoisotopic (exact) mass is 456 g/mol. The van der Waals surface area contributed by atoms with E-state index in [-0.39, 0.29) is 37.8 Å². The summed E-state index contributed by atoms with van der Waals surface area (Å²) in [4.78, 5) is 51.2. The van der Waals surface area contributed by atoms with Crippen molar-refractivity contribution in [1.29, 1.82) is 0 Å². The quantitative estimate of drug-likeness (QED) is 0.430. The Morgan fingerprint density at radius 3 is 2.35 bits per heavy atom. The minimum Gasteiger partial charge on any atom is -0.456 e. The zero-order valence-electron chi connectivity index (χ0n) is 18.6. The first-order chi connectivity index (χ1) is 16.5. The summed E-state index contributed by atoms with van der Waals surface area (Å²) in [6, 6.07) is 16.6. The first-order valence-electron chi connectivity index (χ1n) is 11.5. The molecule has 1 N–H and O–H groups in total. The molecule has 5 rings (SSSR count). The summed E-state index contributed by atoms with van der Waals surface area (Å²) in [6.07, 6.45) is 3.45. The van der Waals surface area contributed by atoms with Crippen LogP contribution in [-0.4, -0.2) is 41.7 Å². The van der Waals surface area contributed by atoms with E-state index in [0.717, 1.165) is 24.6 Å². The molecule has 3 aromatic carbocycles. The van der Waals surface area contributed by atoms with Crippen LogP contribution in [0.15, 0.2) is 54.6 Å². The Morgan fingerprint density at radius 2 is 1.62 bits per heavy atom. The molecule has 0 aromatic heterocycles. The lowest BCUT2D eigenvalue weighted by atomic mass is 9.94. The van der Waals surface area contributed by atoms with Crippen molar-refractivity contribution in [3.63, 3.8) is 0 Å². The molecule has 7 heteroatoms. The Hall–Kier alpha value is -4.00. The third-order valence-electron chi connectivity index (χ3n) is 6.36. The minimum atomic E-state index is -0.552. The fraction of sp³-hybridized carbons (Fsp3) is 0.259. The fourth-order valence-electron chi connectivity index (χ4n) is 4.73. The number of aryl methyl sites for hydroxylation is 2. The van der Waals surface area contributed by atoms with Crippen molar-refractivity contribution in [2.45, 2.75) is 32.1 Å². The van der Waals surface area contributed by atoms with Crippen LogP contribution in [0.5, 0.6) is 0 Å². The van der Waals surface area contributed by atoms with Crippen LogP contribution in [0.1, 0.15) is 51.1 Å². The van der Waals surface area contributed by atoms with E-state index < -0.39 is 11.9 Å². The second-order valence-electron chi connectivity index (χ2n) is 8.62. The van der Waals surface area contributed by atoms with Crippen LogP contribution in [-0.2, 0) is 27.2 Å². The molecule has 7 nitrogen and oxygen atoms in total. The first-order valence-corrected chi connectivity index (χ1v) is 11.5. The van der Waals surface area contributed by atoms with Crippen molar-refractivity contribution in [2.24, 2.45) is 0 Å². The standard InChI is InChI=1S/C27H24N2O5/c30-23(28-20-13-12-17-5-1-8-19(17)15-20)16-34-24(31)11-4-14-29-26(32)21-9-2-6-18-7-3-10-22(25(18)21)27(29)33/h2-3,6-7,9-10,12-13,15H,1,4-5,8,11,14,16H2,(H,28,30). The lowest BCUT2D eigenvalue weighted by molar-refractivity contribution is -0.147. The molecule has 3 amide bonds. The lowest BCUT2D eigenvalue weighted by Gasteiger charge is -2.27. The number of fused-ring (bicyclic) bond motifs is 1. The number of ether oxygens (including phenoxy) is 1. The van der Waals surface area contributed by atoms with Gasteiger partial charge in [0.05, 0.1) is 0 Å². The number of esters is 1. The van der Waals surface area contributed by atoms with E-state index in [1.807, 2.05) is 30.3 Å². The van der Waals surface area contributed by atoms with Crippen LogP contribution in [0.2, 0.25) is 0 Å². The highest BCUT2D eigenvalue weighted by atomic mass is 16.5. The molecule has 0 atom stereocenters. The number of carbonyl (C=O) groups is 4. The van der Waals surface area contributed by atoms with Crippen molar-refractivity contribution in [3.05, 3.63) is 76.9 Å². The average Bonchev–Trinajstić information content (AvgIpc) is 3.31. The number of benzene rings is 3. The Kier molecular flexibility index (Phi) is 5.84. The zero-order valence-corrected chi connectivity index (χ0v) is 18.6. The van der Waals surface area contributed by atoms with Crippen LogP contribution in [0.4, 0.5) is 5.69 Å². The molecule has 0 spiro atoms. The lowest BCUT2D eigenvalue weighted by Crippen LogP contribution is -2.41. The molecule has 172 valence electrons. The first kappa shape index (κ1) is 21.8. The van der Waals surface area contributed by atoms with Gasteiger partial charge in [-0.1, -0.05) is 30.3 Å². The maximum atomic E-state index is 12.9. The van der Waals surface area contributed by atoms with E-state index in [4.69, 9.17) is 4.74 Å². The maximum Gasteiger partial charge on any atom is 0.306 e. The van der Waals surface area contributed by atoms with Gasteiger partial charge in [-0.05, 0) is 66.5 Å². The van der Waals surface area contributed by atoms with Gasteiger partial charge < -0.3 is 10.1 Å². The van der Waals surface area contributed by atoms with E-state index in [0.29, 0.717) is 22.2 Å². The molecule has 1 aliphatic heterocycles. The molecule has 1 aliphatic carbocycles. The van der Waals surface area contributed by atoms with Gasteiger partial charge in [-0.3, -0.25) is 24.1 Å². The number of amides is 3. The second-order valence-corrected chi connectivity index (χ2v) is 8.62. The van der Waals surface area contributed by atoms with Crippen molar-refractivity contribution >= 4 is 40.2 Å². The van der Waals surface area contributed by atoms with E-state index in [9.17, 15) is 19.2 Å². The number of rotatable bonds is 7. The molecule has 2 aliphatic rings. The Labute approximate surface area is 196 Å². The SMILES string of the molecule is O=C(COC(=O)CCCN1C(=O)c2cccc3cccc(c23)C1=O)Nc1ccc2c(c1)CCC2. The molecule has 3 aromatic rings. The molecule has 34 heavy (non-hydrogen) atoms. The molecule has 0 saturated carbocycles. The molecule has 0 radical (unpaired) electrons. The number of nitrogens with one attached hydrogen (secondary N) is 1. The second kappa shape index (κ2) is 9.09. The van der Waals surface area contributed by atoms with Crippen molar-refractivity contribution in [2.75, 3.05) is 18.5 Å². The van der Waals surface area contributed by atoms with E-state index in [1.54, 1.807) is 24.3 Å². The summed E-state index contributed by atoms with van der Waals surface area (Å²) in [5, 5.41) is 4.27. The van der Waals surface area contributed by atoms with E-state index in [2.05, 4.69) is 5.32 Å². The number of anilines is 1. The van der Waals surface area contributed by atoms with Crippen LogP contribution < -0.4 is 5.32 Å². The van der Waals surface area contributed by atoms with Gasteiger partial charge in [-0.25, -0.2) is 0 Å². The van der Waals surface area contributed by atoms with Gasteiger partial charge in [0, 0.05) is 35.2 Å². The van der Waals surface area contributed by atoms with Gasteiger partial charge in [0.2, 0.25) is 0 Å². The smallest absolute Gasteiger partial charge is 0.306 e. The Morgan fingerprint density at radius 1 is 0.912 bits per heavy atom. The Balaban J connectivity index is 1.11. The van der Waals surface area contributed by atoms with E-state index in [1.165, 1.54) is 16.0 Å². The topological polar surface area (TPSA) is 92.8 Å². The number of hydrogen-bond acceptors (Lipinski definition) is 5. The predicted octanol–water partition coefficient (Wildman–Crippen LogP) is 3.89. The average molecular weight is 456 g/mol. The zero-order chi connectivity index (χ0) is 23.7. The number of hydrogen-bond donors (Lipinski definition) is 1. The summed E-state index contributed by atoms with van der Waals surface area (Å²) in [5.74, 6) is -1.69. The molecular weight excluding hydrogens is 432 g/mol. The third kappa shape index (κ3) is 4.17. The van der Waals surface area contributed by atoms with Gasteiger partial charge in [-0.15, -0.1) is 0 Å². The minimum absolute atomic E-state index is 0.00493.